The van der Waals surface area contributed by atoms with Crippen LogP contribution < -0.4 is 0 Å². The van der Waals surface area contributed by atoms with E-state index >= 15 is 0 Å². The van der Waals surface area contributed by atoms with Crippen molar-refractivity contribution in [3.63, 3.8) is 0 Å². The number of carbonyl (C=O) groups excluding carboxylic acids is 2. The summed E-state index contributed by atoms with van der Waals surface area (Å²) in [6, 6.07) is 2.00. The molecule has 0 N–H and O–H groups in total. The third kappa shape index (κ3) is 3.27. The van der Waals surface area contributed by atoms with Gasteiger partial charge in [-0.2, -0.15) is 5.10 Å². The lowest BCUT2D eigenvalue weighted by molar-refractivity contribution is -0.211. The number of likely N-dealkylation sites (tertiary alicyclic amines) is 2. The fourth-order valence-electron chi connectivity index (χ4n) is 5.66. The third-order valence-corrected chi connectivity index (χ3v) is 7.50. The van der Waals surface area contributed by atoms with Gasteiger partial charge in [0.15, 0.2) is 6.10 Å². The van der Waals surface area contributed by atoms with Gasteiger partial charge in [0.05, 0.1) is 12.1 Å². The Labute approximate surface area is 172 Å². The van der Waals surface area contributed by atoms with Crippen LogP contribution in [0.25, 0.3) is 0 Å². The highest BCUT2D eigenvalue weighted by Gasteiger charge is 2.62. The van der Waals surface area contributed by atoms with Gasteiger partial charge >= 0.3 is 0 Å². The van der Waals surface area contributed by atoms with E-state index < -0.39 is 0 Å². The minimum atomic E-state index is -0.225. The minimum absolute atomic E-state index is 0.0383. The molecule has 4 fully saturated rings. The van der Waals surface area contributed by atoms with Crippen molar-refractivity contribution in [3.05, 3.63) is 18.0 Å². The Hall–Kier alpha value is -1.89. The maximum Gasteiger partial charge on any atom is 0.272 e. The molecule has 2 saturated carbocycles. The van der Waals surface area contributed by atoms with Crippen molar-refractivity contribution in [2.24, 2.45) is 13.0 Å². The molecular weight excluding hydrogens is 368 g/mol. The molecule has 0 radical (unpaired) electrons. The number of amides is 2. The zero-order valence-electron chi connectivity index (χ0n) is 17.4. The SMILES string of the molecule is Cn1nccc1C(=O)N1CCC(N2C(=O)C(OCC3CC3)C23CCCCC3)CC1. The first kappa shape index (κ1) is 19.1. The normalized spacial score (nSPS) is 27.3. The zero-order chi connectivity index (χ0) is 20.0. The van der Waals surface area contributed by atoms with Gasteiger partial charge in [-0.15, -0.1) is 0 Å². The fourth-order valence-corrected chi connectivity index (χ4v) is 5.66. The van der Waals surface area contributed by atoms with Crippen LogP contribution in [0.4, 0.5) is 0 Å². The van der Waals surface area contributed by atoms with Crippen LogP contribution in [0, 0.1) is 5.92 Å². The van der Waals surface area contributed by atoms with Crippen molar-refractivity contribution in [2.75, 3.05) is 19.7 Å². The highest BCUT2D eigenvalue weighted by Crippen LogP contribution is 2.48. The lowest BCUT2D eigenvalue weighted by atomic mass is 9.68. The maximum atomic E-state index is 13.1. The van der Waals surface area contributed by atoms with Crippen LogP contribution in [0.2, 0.25) is 0 Å². The molecule has 5 rings (SSSR count). The third-order valence-electron chi connectivity index (χ3n) is 7.50. The molecule has 2 aliphatic heterocycles. The van der Waals surface area contributed by atoms with E-state index in [1.807, 2.05) is 4.90 Å². The van der Waals surface area contributed by atoms with Gasteiger partial charge in [-0.3, -0.25) is 14.3 Å². The van der Waals surface area contributed by atoms with E-state index in [2.05, 4.69) is 10.00 Å². The number of hydrogen-bond donors (Lipinski definition) is 0. The van der Waals surface area contributed by atoms with Gasteiger partial charge in [0.1, 0.15) is 5.69 Å². The summed E-state index contributed by atoms with van der Waals surface area (Å²) >= 11 is 0. The Balaban J connectivity index is 1.25. The van der Waals surface area contributed by atoms with Crippen LogP contribution in [0.15, 0.2) is 12.3 Å². The lowest BCUT2D eigenvalue weighted by Crippen LogP contribution is -2.78. The molecule has 7 heteroatoms. The first-order valence-corrected chi connectivity index (χ1v) is 11.3. The standard InChI is InChI=1S/C22H32N4O3/c1-24-18(7-12-23-24)20(27)25-13-8-17(9-14-25)26-21(28)19(29-15-16-5-6-16)22(26)10-3-2-4-11-22/h7,12,16-17,19H,2-6,8-11,13-15H2,1H3. The van der Waals surface area contributed by atoms with E-state index in [-0.39, 0.29) is 29.5 Å². The number of hydrogen-bond acceptors (Lipinski definition) is 4. The summed E-state index contributed by atoms with van der Waals surface area (Å²) in [6.07, 6.45) is 11.4. The first-order valence-electron chi connectivity index (χ1n) is 11.3. The van der Waals surface area contributed by atoms with Gasteiger partial charge < -0.3 is 14.5 Å². The fraction of sp³-hybridized carbons (Fsp3) is 0.773. The number of nitrogens with zero attached hydrogens (tertiary/aromatic N) is 4. The molecule has 0 aromatic carbocycles. The summed E-state index contributed by atoms with van der Waals surface area (Å²) in [5.74, 6) is 0.916. The number of piperidine rings is 1. The summed E-state index contributed by atoms with van der Waals surface area (Å²) in [5, 5.41) is 4.11. The maximum absolute atomic E-state index is 13.1. The first-order chi connectivity index (χ1) is 14.1. The zero-order valence-corrected chi connectivity index (χ0v) is 17.4. The van der Waals surface area contributed by atoms with Crippen LogP contribution >= 0.6 is 0 Å². The summed E-state index contributed by atoms with van der Waals surface area (Å²) in [7, 11) is 1.80. The van der Waals surface area contributed by atoms with E-state index in [1.165, 1.54) is 32.1 Å². The second-order valence-corrected chi connectivity index (χ2v) is 9.39. The Morgan fingerprint density at radius 2 is 1.90 bits per heavy atom. The van der Waals surface area contributed by atoms with Crippen LogP contribution in [0.1, 0.15) is 68.3 Å². The molecule has 2 amide bonds. The average molecular weight is 401 g/mol. The van der Waals surface area contributed by atoms with Crippen LogP contribution in [-0.2, 0) is 16.6 Å². The molecule has 1 spiro atoms. The molecule has 1 aromatic heterocycles. The second-order valence-electron chi connectivity index (χ2n) is 9.39. The number of aryl methyl sites for hydroxylation is 1. The summed E-state index contributed by atoms with van der Waals surface area (Å²) in [6.45, 7) is 2.15. The smallest absolute Gasteiger partial charge is 0.272 e. The topological polar surface area (TPSA) is 67.7 Å². The molecule has 1 unspecified atom stereocenters. The molecule has 1 atom stereocenters. The van der Waals surface area contributed by atoms with Crippen molar-refractivity contribution in [1.29, 1.82) is 0 Å². The number of aromatic nitrogens is 2. The Bertz CT molecular complexity index is 773. The molecule has 29 heavy (non-hydrogen) atoms. The summed E-state index contributed by atoms with van der Waals surface area (Å²) < 4.78 is 7.82. The van der Waals surface area contributed by atoms with Crippen LogP contribution in [0.3, 0.4) is 0 Å². The van der Waals surface area contributed by atoms with Crippen molar-refractivity contribution in [1.82, 2.24) is 19.6 Å². The van der Waals surface area contributed by atoms with Crippen molar-refractivity contribution >= 4 is 11.8 Å². The van der Waals surface area contributed by atoms with E-state index in [4.69, 9.17) is 4.74 Å². The number of rotatable bonds is 5. The van der Waals surface area contributed by atoms with E-state index in [0.717, 1.165) is 32.3 Å². The summed E-state index contributed by atoms with van der Waals surface area (Å²) in [4.78, 5) is 30.0. The van der Waals surface area contributed by atoms with E-state index in [9.17, 15) is 9.59 Å². The van der Waals surface area contributed by atoms with Crippen LogP contribution in [0.5, 0.6) is 0 Å². The van der Waals surface area contributed by atoms with Gasteiger partial charge in [0.25, 0.3) is 11.8 Å². The van der Waals surface area contributed by atoms with Crippen molar-refractivity contribution in [3.8, 4) is 0 Å². The summed E-state index contributed by atoms with van der Waals surface area (Å²) in [5.41, 5.74) is 0.545. The Morgan fingerprint density at radius 1 is 1.17 bits per heavy atom. The minimum Gasteiger partial charge on any atom is -0.366 e. The lowest BCUT2D eigenvalue weighted by Gasteiger charge is -2.62. The number of ether oxygens (including phenoxy) is 1. The van der Waals surface area contributed by atoms with Gasteiger partial charge in [-0.1, -0.05) is 19.3 Å². The quantitative estimate of drug-likeness (QED) is 0.712. The Morgan fingerprint density at radius 3 is 2.52 bits per heavy atom. The molecule has 2 saturated heterocycles. The largest absolute Gasteiger partial charge is 0.366 e. The second kappa shape index (κ2) is 7.42. The highest BCUT2D eigenvalue weighted by atomic mass is 16.5. The molecular formula is C22H32N4O3. The predicted octanol–water partition coefficient (Wildman–Crippen LogP) is 2.36. The molecule has 7 nitrogen and oxygen atoms in total. The van der Waals surface area contributed by atoms with E-state index in [1.54, 1.807) is 24.0 Å². The van der Waals surface area contributed by atoms with Gasteiger partial charge in [0, 0.05) is 32.4 Å². The van der Waals surface area contributed by atoms with Crippen LogP contribution in [-0.4, -0.2) is 68.8 Å². The monoisotopic (exact) mass is 400 g/mol. The molecule has 3 heterocycles. The predicted molar refractivity (Wildman–Crippen MR) is 107 cm³/mol. The number of carbonyl (C=O) groups is 2. The highest BCUT2D eigenvalue weighted by molar-refractivity contribution is 5.93. The van der Waals surface area contributed by atoms with E-state index in [0.29, 0.717) is 24.7 Å². The molecule has 4 aliphatic rings. The van der Waals surface area contributed by atoms with Gasteiger partial charge in [0.2, 0.25) is 0 Å². The van der Waals surface area contributed by atoms with Gasteiger partial charge in [-0.25, -0.2) is 0 Å². The number of β-lactam (4-membered cyclic amide) rings is 1. The van der Waals surface area contributed by atoms with Crippen molar-refractivity contribution in [2.45, 2.75) is 75.5 Å². The molecule has 1 aromatic rings. The molecule has 2 aliphatic carbocycles. The average Bonchev–Trinajstić information content (AvgIpc) is 3.47. The Kier molecular flexibility index (Phi) is 4.88. The van der Waals surface area contributed by atoms with Gasteiger partial charge in [-0.05, 0) is 50.5 Å². The van der Waals surface area contributed by atoms with Crippen molar-refractivity contribution < 1.29 is 14.3 Å². The molecule has 158 valence electrons. The molecule has 0 bridgehead atoms.